The van der Waals surface area contributed by atoms with Crippen molar-refractivity contribution in [2.24, 2.45) is 17.6 Å². The van der Waals surface area contributed by atoms with Crippen molar-refractivity contribution in [2.75, 3.05) is 26.7 Å². The van der Waals surface area contributed by atoms with Crippen molar-refractivity contribution in [1.29, 1.82) is 0 Å². The van der Waals surface area contributed by atoms with Gasteiger partial charge in [0.1, 0.15) is 0 Å². The van der Waals surface area contributed by atoms with Crippen molar-refractivity contribution in [3.63, 3.8) is 0 Å². The predicted octanol–water partition coefficient (Wildman–Crippen LogP) is 1.28. The smallest absolute Gasteiger partial charge is 0.225 e. The van der Waals surface area contributed by atoms with Crippen LogP contribution >= 0.6 is 12.4 Å². The van der Waals surface area contributed by atoms with Crippen molar-refractivity contribution in [2.45, 2.75) is 32.8 Å². The molecule has 1 amide bonds. The molecule has 1 saturated heterocycles. The standard InChI is InChI=1S/C12H24N2O2.ClH/c1-9-4-10(2)8-14(7-9)12(15)5-11(6-13)16-3;/h9-11H,4-8,13H2,1-3H3;1H. The largest absolute Gasteiger partial charge is 0.380 e. The Morgan fingerprint density at radius 3 is 2.35 bits per heavy atom. The van der Waals surface area contributed by atoms with E-state index in [0.717, 1.165) is 13.1 Å². The van der Waals surface area contributed by atoms with E-state index in [1.165, 1.54) is 6.42 Å². The number of carbonyl (C=O) groups excluding carboxylic acids is 1. The third kappa shape index (κ3) is 5.23. The zero-order valence-corrected chi connectivity index (χ0v) is 11.8. The Morgan fingerprint density at radius 1 is 1.41 bits per heavy atom. The molecular weight excluding hydrogens is 240 g/mol. The summed E-state index contributed by atoms with van der Waals surface area (Å²) in [6.45, 7) is 6.56. The number of nitrogens with zero attached hydrogens (tertiary/aromatic N) is 1. The van der Waals surface area contributed by atoms with Gasteiger partial charge in [0.25, 0.3) is 0 Å². The van der Waals surface area contributed by atoms with Crippen LogP contribution in [0.25, 0.3) is 0 Å². The molecule has 3 atom stereocenters. The number of halogens is 1. The molecule has 0 radical (unpaired) electrons. The summed E-state index contributed by atoms with van der Waals surface area (Å²) in [4.78, 5) is 14.0. The fraction of sp³-hybridized carbons (Fsp3) is 0.917. The number of amides is 1. The second-order valence-corrected chi connectivity index (χ2v) is 5.04. The summed E-state index contributed by atoms with van der Waals surface area (Å²) in [7, 11) is 1.60. The lowest BCUT2D eigenvalue weighted by Gasteiger charge is -2.35. The quantitative estimate of drug-likeness (QED) is 0.832. The van der Waals surface area contributed by atoms with Gasteiger partial charge in [0.2, 0.25) is 5.91 Å². The zero-order valence-electron chi connectivity index (χ0n) is 11.0. The van der Waals surface area contributed by atoms with E-state index in [0.29, 0.717) is 24.8 Å². The fourth-order valence-electron chi connectivity index (χ4n) is 2.45. The third-order valence-corrected chi connectivity index (χ3v) is 3.22. The minimum Gasteiger partial charge on any atom is -0.380 e. The van der Waals surface area contributed by atoms with Gasteiger partial charge >= 0.3 is 0 Å². The van der Waals surface area contributed by atoms with E-state index in [-0.39, 0.29) is 24.4 Å². The molecule has 3 unspecified atom stereocenters. The van der Waals surface area contributed by atoms with Gasteiger partial charge in [-0.1, -0.05) is 13.8 Å². The average Bonchev–Trinajstić information content (AvgIpc) is 2.24. The summed E-state index contributed by atoms with van der Waals surface area (Å²) in [5.74, 6) is 1.38. The van der Waals surface area contributed by atoms with E-state index < -0.39 is 0 Å². The third-order valence-electron chi connectivity index (χ3n) is 3.22. The number of piperidine rings is 1. The molecule has 5 heteroatoms. The van der Waals surface area contributed by atoms with Gasteiger partial charge in [-0.3, -0.25) is 4.79 Å². The summed E-state index contributed by atoms with van der Waals surface area (Å²) >= 11 is 0. The average molecular weight is 265 g/mol. The predicted molar refractivity (Wildman–Crippen MR) is 71.2 cm³/mol. The lowest BCUT2D eigenvalue weighted by Crippen LogP contribution is -2.44. The van der Waals surface area contributed by atoms with Gasteiger partial charge in [-0.05, 0) is 18.3 Å². The Bertz CT molecular complexity index is 225. The fourth-order valence-corrected chi connectivity index (χ4v) is 2.45. The highest BCUT2D eigenvalue weighted by Crippen LogP contribution is 2.21. The number of nitrogens with two attached hydrogens (primary N) is 1. The topological polar surface area (TPSA) is 55.6 Å². The summed E-state index contributed by atoms with van der Waals surface area (Å²) in [6, 6.07) is 0. The molecule has 0 aliphatic carbocycles. The summed E-state index contributed by atoms with van der Waals surface area (Å²) < 4.78 is 5.14. The molecule has 2 N–H and O–H groups in total. The van der Waals surface area contributed by atoms with Gasteiger partial charge < -0.3 is 15.4 Å². The number of hydrogen-bond donors (Lipinski definition) is 1. The number of methoxy groups -OCH3 is 1. The van der Waals surface area contributed by atoms with Crippen molar-refractivity contribution >= 4 is 18.3 Å². The van der Waals surface area contributed by atoms with Crippen LogP contribution in [-0.2, 0) is 9.53 Å². The van der Waals surface area contributed by atoms with Gasteiger partial charge in [-0.15, -0.1) is 12.4 Å². The Kier molecular flexibility index (Phi) is 7.75. The van der Waals surface area contributed by atoms with Gasteiger partial charge in [0, 0.05) is 26.7 Å². The molecule has 1 fully saturated rings. The van der Waals surface area contributed by atoms with Crippen LogP contribution in [0, 0.1) is 11.8 Å². The van der Waals surface area contributed by atoms with Crippen LogP contribution in [0.1, 0.15) is 26.7 Å². The van der Waals surface area contributed by atoms with Crippen molar-refractivity contribution < 1.29 is 9.53 Å². The molecular formula is C12H25ClN2O2. The first kappa shape index (κ1) is 16.7. The second-order valence-electron chi connectivity index (χ2n) is 5.04. The molecule has 17 heavy (non-hydrogen) atoms. The van der Waals surface area contributed by atoms with E-state index in [4.69, 9.17) is 10.5 Å². The molecule has 0 spiro atoms. The normalized spacial score (nSPS) is 26.2. The molecule has 0 aromatic carbocycles. The highest BCUT2D eigenvalue weighted by molar-refractivity contribution is 5.85. The van der Waals surface area contributed by atoms with Gasteiger partial charge in [0.05, 0.1) is 12.5 Å². The maximum absolute atomic E-state index is 12.0. The van der Waals surface area contributed by atoms with E-state index in [2.05, 4.69) is 13.8 Å². The van der Waals surface area contributed by atoms with Crippen LogP contribution in [-0.4, -0.2) is 43.7 Å². The van der Waals surface area contributed by atoms with E-state index in [1.807, 2.05) is 4.90 Å². The minimum absolute atomic E-state index is 0. The molecule has 0 aromatic heterocycles. The molecule has 1 rings (SSSR count). The summed E-state index contributed by atoms with van der Waals surface area (Å²) in [6.07, 6.45) is 1.49. The monoisotopic (exact) mass is 264 g/mol. The molecule has 102 valence electrons. The van der Waals surface area contributed by atoms with E-state index in [9.17, 15) is 4.79 Å². The van der Waals surface area contributed by atoms with Crippen molar-refractivity contribution in [1.82, 2.24) is 4.90 Å². The molecule has 0 bridgehead atoms. The molecule has 1 heterocycles. The minimum atomic E-state index is -0.139. The van der Waals surface area contributed by atoms with Crippen molar-refractivity contribution in [3.8, 4) is 0 Å². The number of carbonyl (C=O) groups is 1. The summed E-state index contributed by atoms with van der Waals surface area (Å²) in [5.41, 5.74) is 5.52. The first-order chi connectivity index (χ1) is 7.56. The zero-order chi connectivity index (χ0) is 12.1. The highest BCUT2D eigenvalue weighted by Gasteiger charge is 2.26. The highest BCUT2D eigenvalue weighted by atomic mass is 35.5. The van der Waals surface area contributed by atoms with E-state index >= 15 is 0 Å². The molecule has 1 aliphatic heterocycles. The first-order valence-electron chi connectivity index (χ1n) is 6.07. The number of rotatable bonds is 4. The first-order valence-corrected chi connectivity index (χ1v) is 6.07. The van der Waals surface area contributed by atoms with E-state index in [1.54, 1.807) is 7.11 Å². The lowest BCUT2D eigenvalue weighted by molar-refractivity contribution is -0.136. The van der Waals surface area contributed by atoms with Gasteiger partial charge in [-0.2, -0.15) is 0 Å². The Hall–Kier alpha value is -0.320. The van der Waals surface area contributed by atoms with Crippen LogP contribution in [0.3, 0.4) is 0 Å². The van der Waals surface area contributed by atoms with Crippen molar-refractivity contribution in [3.05, 3.63) is 0 Å². The number of likely N-dealkylation sites (tertiary alicyclic amines) is 1. The Morgan fingerprint density at radius 2 is 1.94 bits per heavy atom. The molecule has 0 saturated carbocycles. The maximum atomic E-state index is 12.0. The van der Waals surface area contributed by atoms with Crippen LogP contribution in [0.2, 0.25) is 0 Å². The Balaban J connectivity index is 0.00000256. The molecule has 0 aromatic rings. The maximum Gasteiger partial charge on any atom is 0.225 e. The van der Waals surface area contributed by atoms with Crippen LogP contribution in [0.4, 0.5) is 0 Å². The lowest BCUT2D eigenvalue weighted by atomic mass is 9.91. The number of hydrogen-bond acceptors (Lipinski definition) is 3. The van der Waals surface area contributed by atoms with Crippen LogP contribution in [0.15, 0.2) is 0 Å². The SMILES string of the molecule is COC(CN)CC(=O)N1CC(C)CC(C)C1.Cl. The van der Waals surface area contributed by atoms with Gasteiger partial charge in [-0.25, -0.2) is 0 Å². The second kappa shape index (κ2) is 7.90. The molecule has 4 nitrogen and oxygen atoms in total. The summed E-state index contributed by atoms with van der Waals surface area (Å²) in [5, 5.41) is 0. The Labute approximate surface area is 110 Å². The van der Waals surface area contributed by atoms with Gasteiger partial charge in [0.15, 0.2) is 0 Å². The number of ether oxygens (including phenoxy) is 1. The van der Waals surface area contributed by atoms with Crippen LogP contribution < -0.4 is 5.73 Å². The molecule has 1 aliphatic rings. The van der Waals surface area contributed by atoms with Crippen LogP contribution in [0.5, 0.6) is 0 Å².